The Hall–Kier alpha value is -0.275. The van der Waals surface area contributed by atoms with Crippen molar-refractivity contribution in [1.29, 1.82) is 0 Å². The molecule has 2 aliphatic carbocycles. The van der Waals surface area contributed by atoms with Crippen molar-refractivity contribution in [2.75, 3.05) is 0 Å². The first kappa shape index (κ1) is 11.8. The predicted octanol–water partition coefficient (Wildman–Crippen LogP) is 2.86. The summed E-state index contributed by atoms with van der Waals surface area (Å²) in [5, 5.41) is 3.66. The van der Waals surface area contributed by atoms with Crippen LogP contribution in [0.3, 0.4) is 0 Å². The van der Waals surface area contributed by atoms with Crippen LogP contribution >= 0.6 is 0 Å². The molecule has 0 aromatic rings. The molecule has 1 saturated heterocycles. The van der Waals surface area contributed by atoms with E-state index < -0.39 is 0 Å². The third kappa shape index (κ3) is 0.889. The summed E-state index contributed by atoms with van der Waals surface area (Å²) in [4.78, 5) is 0. The molecule has 0 radical (unpaired) electrons. The third-order valence-corrected chi connectivity index (χ3v) is 6.98. The Morgan fingerprint density at radius 2 is 1.59 bits per heavy atom. The second-order valence-electron chi connectivity index (χ2n) is 7.12. The van der Waals surface area contributed by atoms with Gasteiger partial charge < -0.3 is 9.88 Å². The van der Waals surface area contributed by atoms with Crippen molar-refractivity contribution in [2.24, 2.45) is 16.2 Å². The molecule has 2 bridgehead atoms. The zero-order valence-electron chi connectivity index (χ0n) is 12.1. The zero-order valence-corrected chi connectivity index (χ0v) is 12.1. The van der Waals surface area contributed by atoms with E-state index in [2.05, 4.69) is 53.6 Å². The maximum Gasteiger partial charge on any atom is 0.376 e. The molecular formula is C14H24BNO. The molecule has 0 aromatic heterocycles. The Morgan fingerprint density at radius 1 is 1.06 bits per heavy atom. The van der Waals surface area contributed by atoms with Gasteiger partial charge in [0, 0.05) is 16.9 Å². The molecule has 1 aliphatic heterocycles. The van der Waals surface area contributed by atoms with Crippen molar-refractivity contribution in [2.45, 2.75) is 60.5 Å². The Balaban J connectivity index is 2.24. The average molecular weight is 233 g/mol. The summed E-state index contributed by atoms with van der Waals surface area (Å²) in [6.45, 7) is 16.4. The molecule has 17 heavy (non-hydrogen) atoms. The van der Waals surface area contributed by atoms with E-state index in [-0.39, 0.29) is 23.3 Å². The van der Waals surface area contributed by atoms with Crippen LogP contribution in [0.1, 0.15) is 41.5 Å². The summed E-state index contributed by atoms with van der Waals surface area (Å²) >= 11 is 0. The minimum Gasteiger partial charge on any atom is -0.416 e. The van der Waals surface area contributed by atoms with Crippen LogP contribution in [0, 0.1) is 16.2 Å². The van der Waals surface area contributed by atoms with Crippen molar-refractivity contribution in [3.8, 4) is 0 Å². The largest absolute Gasteiger partial charge is 0.416 e. The standard InChI is InChI=1S/C14H24BNO/c1-8-9(2)14(6)11-10(16-15(7)17-11)13(8,5)12(14,3)4/h10-11,16H,1-7H3/t10-,11+,13-,14+/m1/s1. The quantitative estimate of drug-likeness (QED) is 0.513. The second-order valence-corrected chi connectivity index (χ2v) is 7.12. The van der Waals surface area contributed by atoms with Crippen LogP contribution in [0.5, 0.6) is 0 Å². The summed E-state index contributed by atoms with van der Waals surface area (Å²) in [6, 6.07) is 0.473. The summed E-state index contributed by atoms with van der Waals surface area (Å²) in [7, 11) is 0.193. The molecule has 0 unspecified atom stereocenters. The molecular weight excluding hydrogens is 209 g/mol. The Bertz CT molecular complexity index is 394. The smallest absolute Gasteiger partial charge is 0.376 e. The van der Waals surface area contributed by atoms with Gasteiger partial charge in [-0.3, -0.25) is 0 Å². The van der Waals surface area contributed by atoms with Crippen molar-refractivity contribution < 1.29 is 4.65 Å². The highest BCUT2D eigenvalue weighted by atomic mass is 16.5. The molecule has 4 atom stereocenters. The lowest BCUT2D eigenvalue weighted by Gasteiger charge is -2.43. The van der Waals surface area contributed by atoms with Crippen LogP contribution in [0.4, 0.5) is 0 Å². The van der Waals surface area contributed by atoms with Gasteiger partial charge in [-0.2, -0.15) is 0 Å². The van der Waals surface area contributed by atoms with Crippen LogP contribution in [-0.4, -0.2) is 19.2 Å². The average Bonchev–Trinajstić information content (AvgIpc) is 2.72. The van der Waals surface area contributed by atoms with E-state index >= 15 is 0 Å². The summed E-state index contributed by atoms with van der Waals surface area (Å²) in [6.07, 6.45) is 0.334. The lowest BCUT2D eigenvalue weighted by molar-refractivity contribution is 0.0507. The summed E-state index contributed by atoms with van der Waals surface area (Å²) in [5.74, 6) is 0. The molecule has 1 N–H and O–H groups in total. The Morgan fingerprint density at radius 3 is 2.18 bits per heavy atom. The van der Waals surface area contributed by atoms with Crippen LogP contribution in [0.15, 0.2) is 11.1 Å². The number of hydrogen-bond acceptors (Lipinski definition) is 2. The molecule has 0 spiro atoms. The topological polar surface area (TPSA) is 21.3 Å². The molecule has 2 fully saturated rings. The van der Waals surface area contributed by atoms with E-state index in [1.807, 2.05) is 0 Å². The minimum atomic E-state index is 0.175. The van der Waals surface area contributed by atoms with Gasteiger partial charge in [-0.05, 0) is 26.1 Å². The number of nitrogens with one attached hydrogen (secondary N) is 1. The third-order valence-electron chi connectivity index (χ3n) is 6.98. The van der Waals surface area contributed by atoms with Gasteiger partial charge in [0.15, 0.2) is 0 Å². The molecule has 3 heteroatoms. The number of rotatable bonds is 0. The number of fused-ring (bicyclic) bond motifs is 5. The van der Waals surface area contributed by atoms with Crippen molar-refractivity contribution in [1.82, 2.24) is 5.23 Å². The number of hydrogen-bond donors (Lipinski definition) is 1. The van der Waals surface area contributed by atoms with E-state index in [0.717, 1.165) is 0 Å². The molecule has 1 heterocycles. The fourth-order valence-electron chi connectivity index (χ4n) is 5.06. The van der Waals surface area contributed by atoms with Gasteiger partial charge in [0.2, 0.25) is 0 Å². The maximum absolute atomic E-state index is 6.20. The molecule has 0 amide bonds. The lowest BCUT2D eigenvalue weighted by Crippen LogP contribution is -2.47. The fourth-order valence-corrected chi connectivity index (χ4v) is 5.06. The van der Waals surface area contributed by atoms with Gasteiger partial charge >= 0.3 is 7.05 Å². The first-order valence-corrected chi connectivity index (χ1v) is 6.79. The maximum atomic E-state index is 6.20. The monoisotopic (exact) mass is 233 g/mol. The van der Waals surface area contributed by atoms with E-state index in [1.54, 1.807) is 11.1 Å². The van der Waals surface area contributed by atoms with Crippen LogP contribution in [0.2, 0.25) is 6.82 Å². The SMILES string of the molecule is CB1N[C@@H]2[C@H](O1)[C@]1(C)C(C)=C(C)[C@@]2(C)C1(C)C. The van der Waals surface area contributed by atoms with Crippen LogP contribution in [-0.2, 0) is 4.65 Å². The predicted molar refractivity (Wildman–Crippen MR) is 71.8 cm³/mol. The van der Waals surface area contributed by atoms with Gasteiger partial charge in [0.1, 0.15) is 0 Å². The highest BCUT2D eigenvalue weighted by Crippen LogP contribution is 2.74. The van der Waals surface area contributed by atoms with Gasteiger partial charge in [-0.1, -0.05) is 38.8 Å². The lowest BCUT2D eigenvalue weighted by atomic mass is 9.61. The molecule has 94 valence electrons. The Labute approximate surface area is 105 Å². The normalized spacial score (nSPS) is 51.4. The summed E-state index contributed by atoms with van der Waals surface area (Å²) < 4.78 is 6.20. The zero-order chi connectivity index (χ0) is 12.8. The molecule has 3 aliphatic rings. The highest BCUT2D eigenvalue weighted by molar-refractivity contribution is 6.48. The van der Waals surface area contributed by atoms with Crippen molar-refractivity contribution in [3.63, 3.8) is 0 Å². The van der Waals surface area contributed by atoms with Gasteiger partial charge in [-0.15, -0.1) is 0 Å². The van der Waals surface area contributed by atoms with E-state index in [4.69, 9.17) is 4.65 Å². The van der Waals surface area contributed by atoms with E-state index in [0.29, 0.717) is 12.1 Å². The first-order valence-electron chi connectivity index (χ1n) is 6.79. The second kappa shape index (κ2) is 2.83. The van der Waals surface area contributed by atoms with Crippen LogP contribution < -0.4 is 5.23 Å². The van der Waals surface area contributed by atoms with Crippen LogP contribution in [0.25, 0.3) is 0 Å². The fraction of sp³-hybridized carbons (Fsp3) is 0.857. The minimum absolute atomic E-state index is 0.175. The molecule has 0 aromatic carbocycles. The van der Waals surface area contributed by atoms with Gasteiger partial charge in [-0.25, -0.2) is 0 Å². The van der Waals surface area contributed by atoms with E-state index in [1.165, 1.54) is 0 Å². The molecule has 2 nitrogen and oxygen atoms in total. The summed E-state index contributed by atoms with van der Waals surface area (Å²) in [5.41, 5.74) is 3.80. The first-order chi connectivity index (χ1) is 7.69. The molecule has 3 rings (SSSR count). The Kier molecular flexibility index (Phi) is 1.96. The van der Waals surface area contributed by atoms with Gasteiger partial charge in [0.25, 0.3) is 0 Å². The van der Waals surface area contributed by atoms with E-state index in [9.17, 15) is 0 Å². The van der Waals surface area contributed by atoms with Gasteiger partial charge in [0.05, 0.1) is 6.10 Å². The van der Waals surface area contributed by atoms with Crippen molar-refractivity contribution >= 4 is 7.05 Å². The molecule has 1 saturated carbocycles. The van der Waals surface area contributed by atoms with Crippen molar-refractivity contribution in [3.05, 3.63) is 11.1 Å². The highest BCUT2D eigenvalue weighted by Gasteiger charge is 2.75.